The quantitative estimate of drug-likeness (QED) is 0.375. The Morgan fingerprint density at radius 3 is 2.23 bits per heavy atom. The molecule has 1 aromatic rings. The lowest BCUT2D eigenvalue weighted by molar-refractivity contribution is 0.0527. The minimum Gasteiger partial charge on any atom is -0.497 e. The van der Waals surface area contributed by atoms with Gasteiger partial charge in [0.2, 0.25) is 0 Å². The van der Waals surface area contributed by atoms with Gasteiger partial charge in [0, 0.05) is 26.7 Å². The first kappa shape index (κ1) is 21.6. The van der Waals surface area contributed by atoms with E-state index in [-0.39, 0.29) is 6.09 Å². The number of rotatable bonds is 8. The number of carbonyl (C=O) groups excluding carboxylic acids is 1. The molecule has 3 N–H and O–H groups in total. The number of alkyl carbamates (subject to hydrolysis) is 1. The largest absolute Gasteiger partial charge is 0.497 e. The van der Waals surface area contributed by atoms with Crippen LogP contribution < -0.4 is 20.7 Å². The summed E-state index contributed by atoms with van der Waals surface area (Å²) in [6.45, 7) is 7.56. The van der Waals surface area contributed by atoms with Crippen molar-refractivity contribution in [2.75, 3.05) is 33.8 Å². The number of hydrogen-bond acceptors (Lipinski definition) is 4. The van der Waals surface area contributed by atoms with Crippen LogP contribution in [-0.4, -0.2) is 51.4 Å². The van der Waals surface area contributed by atoms with Crippen molar-refractivity contribution in [2.24, 2.45) is 4.99 Å². The molecule has 1 amide bonds. The van der Waals surface area contributed by atoms with Gasteiger partial charge in [0.05, 0.1) is 7.11 Å². The predicted molar refractivity (Wildman–Crippen MR) is 105 cm³/mol. The second-order valence-electron chi connectivity index (χ2n) is 6.81. The standard InChI is InChI=1S/C19H32N4O3/c1-19(2,3)26-18(24)23-13-6-12-21-17(20-4)22-14-11-15-7-9-16(25-5)10-8-15/h7-10H,6,11-14H2,1-5H3,(H,23,24)(H2,20,21,22). The number of guanidine groups is 1. The van der Waals surface area contributed by atoms with Crippen LogP contribution in [0.2, 0.25) is 0 Å². The van der Waals surface area contributed by atoms with Crippen LogP contribution in [0, 0.1) is 0 Å². The summed E-state index contributed by atoms with van der Waals surface area (Å²) in [6, 6.07) is 8.03. The first-order chi connectivity index (χ1) is 12.3. The molecule has 0 aliphatic carbocycles. The third-order valence-corrected chi connectivity index (χ3v) is 3.40. The van der Waals surface area contributed by atoms with Crippen LogP contribution in [0.5, 0.6) is 5.75 Å². The van der Waals surface area contributed by atoms with Crippen LogP contribution in [0.25, 0.3) is 0 Å². The molecular formula is C19H32N4O3. The molecule has 0 bridgehead atoms. The van der Waals surface area contributed by atoms with Crippen molar-refractivity contribution in [2.45, 2.75) is 39.2 Å². The van der Waals surface area contributed by atoms with E-state index in [1.165, 1.54) is 5.56 Å². The highest BCUT2D eigenvalue weighted by atomic mass is 16.6. The van der Waals surface area contributed by atoms with E-state index in [1.807, 2.05) is 32.9 Å². The van der Waals surface area contributed by atoms with Crippen molar-refractivity contribution >= 4 is 12.1 Å². The fourth-order valence-corrected chi connectivity index (χ4v) is 2.14. The van der Waals surface area contributed by atoms with E-state index in [9.17, 15) is 4.79 Å². The topological polar surface area (TPSA) is 84.0 Å². The average Bonchev–Trinajstić information content (AvgIpc) is 2.59. The summed E-state index contributed by atoms with van der Waals surface area (Å²) in [6.07, 6.45) is 1.28. The van der Waals surface area contributed by atoms with Gasteiger partial charge in [-0.15, -0.1) is 0 Å². The molecule has 7 nitrogen and oxygen atoms in total. The van der Waals surface area contributed by atoms with Gasteiger partial charge in [-0.05, 0) is 51.3 Å². The fraction of sp³-hybridized carbons (Fsp3) is 0.579. The van der Waals surface area contributed by atoms with Gasteiger partial charge >= 0.3 is 6.09 Å². The number of hydrogen-bond donors (Lipinski definition) is 3. The van der Waals surface area contributed by atoms with Gasteiger partial charge in [-0.1, -0.05) is 12.1 Å². The monoisotopic (exact) mass is 364 g/mol. The Labute approximate surface area is 156 Å². The van der Waals surface area contributed by atoms with Gasteiger partial charge < -0.3 is 25.4 Å². The molecule has 146 valence electrons. The van der Waals surface area contributed by atoms with Crippen LogP contribution in [0.15, 0.2) is 29.3 Å². The molecule has 7 heteroatoms. The number of nitrogens with zero attached hydrogens (tertiary/aromatic N) is 1. The normalized spacial score (nSPS) is 11.7. The van der Waals surface area contributed by atoms with Crippen molar-refractivity contribution in [1.82, 2.24) is 16.0 Å². The number of aliphatic imine (C=N–C) groups is 1. The van der Waals surface area contributed by atoms with Crippen LogP contribution >= 0.6 is 0 Å². The van der Waals surface area contributed by atoms with Crippen molar-refractivity contribution in [1.29, 1.82) is 0 Å². The van der Waals surface area contributed by atoms with Gasteiger partial charge in [0.15, 0.2) is 5.96 Å². The number of ether oxygens (including phenoxy) is 2. The maximum Gasteiger partial charge on any atom is 0.407 e. The predicted octanol–water partition coefficient (Wildman–Crippen LogP) is 2.32. The molecule has 0 spiro atoms. The summed E-state index contributed by atoms with van der Waals surface area (Å²) >= 11 is 0. The Morgan fingerprint density at radius 1 is 1.04 bits per heavy atom. The Balaban J connectivity index is 2.16. The van der Waals surface area contributed by atoms with Crippen LogP contribution in [0.1, 0.15) is 32.8 Å². The van der Waals surface area contributed by atoms with E-state index in [0.717, 1.165) is 31.1 Å². The Kier molecular flexibility index (Phi) is 9.33. The second kappa shape index (κ2) is 11.2. The average molecular weight is 364 g/mol. The molecular weight excluding hydrogens is 332 g/mol. The first-order valence-electron chi connectivity index (χ1n) is 8.88. The zero-order valence-electron chi connectivity index (χ0n) is 16.5. The molecule has 0 atom stereocenters. The zero-order chi connectivity index (χ0) is 19.4. The van der Waals surface area contributed by atoms with Crippen LogP contribution in [0.3, 0.4) is 0 Å². The molecule has 0 fully saturated rings. The number of methoxy groups -OCH3 is 1. The lowest BCUT2D eigenvalue weighted by atomic mass is 10.1. The zero-order valence-corrected chi connectivity index (χ0v) is 16.5. The summed E-state index contributed by atoms with van der Waals surface area (Å²) in [5, 5.41) is 9.23. The van der Waals surface area contributed by atoms with E-state index < -0.39 is 5.60 Å². The highest BCUT2D eigenvalue weighted by molar-refractivity contribution is 5.79. The van der Waals surface area contributed by atoms with E-state index in [2.05, 4.69) is 33.1 Å². The summed E-state index contributed by atoms with van der Waals surface area (Å²) in [5.74, 6) is 1.61. The molecule has 1 rings (SSSR count). The highest BCUT2D eigenvalue weighted by Gasteiger charge is 2.15. The smallest absolute Gasteiger partial charge is 0.407 e. The molecule has 0 aromatic heterocycles. The maximum absolute atomic E-state index is 11.5. The number of benzene rings is 1. The first-order valence-corrected chi connectivity index (χ1v) is 8.88. The van der Waals surface area contributed by atoms with Crippen molar-refractivity contribution in [3.05, 3.63) is 29.8 Å². The highest BCUT2D eigenvalue weighted by Crippen LogP contribution is 2.11. The minimum atomic E-state index is -0.474. The lowest BCUT2D eigenvalue weighted by Gasteiger charge is -2.19. The molecule has 0 radical (unpaired) electrons. The Hall–Kier alpha value is -2.44. The second-order valence-corrected chi connectivity index (χ2v) is 6.81. The van der Waals surface area contributed by atoms with E-state index in [4.69, 9.17) is 9.47 Å². The SMILES string of the molecule is CN=C(NCCCNC(=O)OC(C)(C)C)NCCc1ccc(OC)cc1. The molecule has 0 saturated carbocycles. The molecule has 0 saturated heterocycles. The summed E-state index contributed by atoms with van der Waals surface area (Å²) in [7, 11) is 3.40. The lowest BCUT2D eigenvalue weighted by Crippen LogP contribution is -2.40. The molecule has 1 aromatic carbocycles. The maximum atomic E-state index is 11.5. The number of carbonyl (C=O) groups is 1. The van der Waals surface area contributed by atoms with Gasteiger partial charge in [0.1, 0.15) is 11.4 Å². The molecule has 0 heterocycles. The third kappa shape index (κ3) is 9.76. The van der Waals surface area contributed by atoms with Crippen molar-refractivity contribution in [3.63, 3.8) is 0 Å². The van der Waals surface area contributed by atoms with E-state index >= 15 is 0 Å². The third-order valence-electron chi connectivity index (χ3n) is 3.40. The minimum absolute atomic E-state index is 0.389. The van der Waals surface area contributed by atoms with Gasteiger partial charge in [-0.2, -0.15) is 0 Å². The van der Waals surface area contributed by atoms with E-state index in [0.29, 0.717) is 13.1 Å². The van der Waals surface area contributed by atoms with Crippen LogP contribution in [-0.2, 0) is 11.2 Å². The molecule has 0 aliphatic heterocycles. The van der Waals surface area contributed by atoms with Crippen molar-refractivity contribution < 1.29 is 14.3 Å². The van der Waals surface area contributed by atoms with Gasteiger partial charge in [0.25, 0.3) is 0 Å². The molecule has 0 unspecified atom stereocenters. The van der Waals surface area contributed by atoms with Gasteiger partial charge in [-0.25, -0.2) is 4.79 Å². The summed E-state index contributed by atoms with van der Waals surface area (Å²) in [5.41, 5.74) is 0.758. The fourth-order valence-electron chi connectivity index (χ4n) is 2.14. The van der Waals surface area contributed by atoms with Gasteiger partial charge in [-0.3, -0.25) is 4.99 Å². The Morgan fingerprint density at radius 2 is 1.65 bits per heavy atom. The molecule has 26 heavy (non-hydrogen) atoms. The summed E-state index contributed by atoms with van der Waals surface area (Å²) in [4.78, 5) is 15.7. The number of nitrogens with one attached hydrogen (secondary N) is 3. The van der Waals surface area contributed by atoms with Crippen molar-refractivity contribution in [3.8, 4) is 5.75 Å². The summed E-state index contributed by atoms with van der Waals surface area (Å²) < 4.78 is 10.3. The molecule has 0 aliphatic rings. The Bertz CT molecular complexity index is 565. The van der Waals surface area contributed by atoms with E-state index in [1.54, 1.807) is 14.2 Å². The van der Waals surface area contributed by atoms with Crippen LogP contribution in [0.4, 0.5) is 4.79 Å². The number of amides is 1.